The lowest BCUT2D eigenvalue weighted by atomic mass is 10.3. The van der Waals surface area contributed by atoms with E-state index in [1.165, 1.54) is 0 Å². The number of nitrogens with one attached hydrogen (secondary N) is 6. The molecule has 2 rings (SSSR count). The number of carbonyl (C=O) groups excluding carboxylic acids is 2. The highest BCUT2D eigenvalue weighted by Gasteiger charge is 2.13. The van der Waals surface area contributed by atoms with Gasteiger partial charge in [0.05, 0.1) is 0 Å². The molecule has 0 unspecified atom stereocenters. The van der Waals surface area contributed by atoms with Gasteiger partial charge in [-0.3, -0.25) is 31.3 Å². The maximum atomic E-state index is 11.7. The van der Waals surface area contributed by atoms with E-state index in [9.17, 15) is 9.59 Å². The topological polar surface area (TPSA) is 106 Å². The third kappa shape index (κ3) is 6.71. The first-order chi connectivity index (χ1) is 12.5. The van der Waals surface area contributed by atoms with E-state index >= 15 is 0 Å². The smallest absolute Gasteiger partial charge is 0.329 e. The Morgan fingerprint density at radius 3 is 1.27 bits per heavy atom. The predicted molar refractivity (Wildman–Crippen MR) is 108 cm³/mol. The summed E-state index contributed by atoms with van der Waals surface area (Å²) in [6, 6.07) is 18.2. The minimum absolute atomic E-state index is 0.131. The molecule has 0 spiro atoms. The highest BCUT2D eigenvalue weighted by atomic mass is 32.1. The van der Waals surface area contributed by atoms with Crippen molar-refractivity contribution in [2.75, 3.05) is 10.6 Å². The van der Waals surface area contributed by atoms with E-state index in [0.717, 1.165) is 11.4 Å². The Hall–Kier alpha value is -3.24. The number of carbonyl (C=O) groups is 2. The van der Waals surface area contributed by atoms with Crippen molar-refractivity contribution in [3.8, 4) is 0 Å². The van der Waals surface area contributed by atoms with Crippen LogP contribution >= 0.6 is 24.4 Å². The van der Waals surface area contributed by atoms with Crippen molar-refractivity contribution >= 4 is 57.8 Å². The standard InChI is InChI=1S/C16H16N6O2S2/c23-13(19-21-15(25)17-11-7-3-1-4-8-11)14(24)20-22-16(26)18-12-9-5-2-6-10-12/h1-10H,(H,19,23)(H,20,24)(H2,17,21,25)(H2,18,22,26). The monoisotopic (exact) mass is 388 g/mol. The number of para-hydroxylation sites is 2. The number of thiocarbonyl (C=S) groups is 2. The van der Waals surface area contributed by atoms with Crippen molar-refractivity contribution in [3.05, 3.63) is 60.7 Å². The SMILES string of the molecule is O=C(NNC(=S)Nc1ccccc1)C(=O)NNC(=S)Nc1ccccc1. The second-order valence-electron chi connectivity index (χ2n) is 4.80. The molecule has 0 heterocycles. The first kappa shape index (κ1) is 19.1. The lowest BCUT2D eigenvalue weighted by Crippen LogP contribution is -2.53. The van der Waals surface area contributed by atoms with Gasteiger partial charge in [0.25, 0.3) is 0 Å². The second-order valence-corrected chi connectivity index (χ2v) is 5.62. The summed E-state index contributed by atoms with van der Waals surface area (Å²) in [5.41, 5.74) is 10.7. The Bertz CT molecular complexity index is 718. The summed E-state index contributed by atoms with van der Waals surface area (Å²) in [6.07, 6.45) is 0. The molecule has 0 aliphatic carbocycles. The number of hydrazine groups is 2. The molecule has 0 atom stereocenters. The molecule has 0 saturated heterocycles. The lowest BCUT2D eigenvalue weighted by molar-refractivity contribution is -0.139. The van der Waals surface area contributed by atoms with Gasteiger partial charge >= 0.3 is 11.8 Å². The Labute approximate surface area is 160 Å². The van der Waals surface area contributed by atoms with Crippen molar-refractivity contribution in [1.29, 1.82) is 0 Å². The summed E-state index contributed by atoms with van der Waals surface area (Å²) in [5.74, 6) is -1.89. The van der Waals surface area contributed by atoms with Gasteiger partial charge in [-0.25, -0.2) is 0 Å². The van der Waals surface area contributed by atoms with Gasteiger partial charge < -0.3 is 10.6 Å². The number of rotatable bonds is 2. The fourth-order valence-corrected chi connectivity index (χ4v) is 2.05. The van der Waals surface area contributed by atoms with Crippen LogP contribution < -0.4 is 32.3 Å². The second kappa shape index (κ2) is 9.91. The Balaban J connectivity index is 1.68. The Morgan fingerprint density at radius 2 is 0.923 bits per heavy atom. The molecule has 0 fully saturated rings. The normalized spacial score (nSPS) is 9.38. The molecule has 2 aromatic rings. The number of benzene rings is 2. The fourth-order valence-electron chi connectivity index (χ4n) is 1.71. The van der Waals surface area contributed by atoms with Gasteiger partial charge in [0.2, 0.25) is 0 Å². The van der Waals surface area contributed by atoms with Crippen LogP contribution in [-0.4, -0.2) is 22.0 Å². The summed E-state index contributed by atoms with van der Waals surface area (Å²) in [4.78, 5) is 23.4. The summed E-state index contributed by atoms with van der Waals surface area (Å²) in [7, 11) is 0. The van der Waals surface area contributed by atoms with Crippen LogP contribution in [0.25, 0.3) is 0 Å². The largest absolute Gasteiger partial charge is 0.331 e. The van der Waals surface area contributed by atoms with Crippen molar-refractivity contribution < 1.29 is 9.59 Å². The molecule has 0 saturated carbocycles. The van der Waals surface area contributed by atoms with Crippen LogP contribution in [0.5, 0.6) is 0 Å². The average Bonchev–Trinajstić information content (AvgIpc) is 2.65. The summed E-state index contributed by atoms with van der Waals surface area (Å²) < 4.78 is 0. The number of amides is 2. The van der Waals surface area contributed by atoms with Crippen LogP contribution in [0.15, 0.2) is 60.7 Å². The number of hydrogen-bond donors (Lipinski definition) is 6. The van der Waals surface area contributed by atoms with Gasteiger partial charge in [-0.05, 0) is 48.7 Å². The zero-order valence-electron chi connectivity index (χ0n) is 13.4. The molecule has 10 heteroatoms. The number of anilines is 2. The van der Waals surface area contributed by atoms with Gasteiger partial charge in [-0.2, -0.15) is 0 Å². The van der Waals surface area contributed by atoms with Gasteiger partial charge in [-0.1, -0.05) is 36.4 Å². The lowest BCUT2D eigenvalue weighted by Gasteiger charge is -2.13. The van der Waals surface area contributed by atoms with Crippen molar-refractivity contribution in [2.24, 2.45) is 0 Å². The van der Waals surface area contributed by atoms with Crippen LogP contribution in [0.4, 0.5) is 11.4 Å². The van der Waals surface area contributed by atoms with Crippen LogP contribution in [0, 0.1) is 0 Å². The molecule has 0 bridgehead atoms. The molecule has 26 heavy (non-hydrogen) atoms. The Morgan fingerprint density at radius 1 is 0.577 bits per heavy atom. The van der Waals surface area contributed by atoms with E-state index in [-0.39, 0.29) is 10.2 Å². The maximum absolute atomic E-state index is 11.7. The minimum atomic E-state index is -0.947. The fraction of sp³-hybridized carbons (Fsp3) is 0. The van der Waals surface area contributed by atoms with Crippen LogP contribution in [0.2, 0.25) is 0 Å². The molecule has 6 N–H and O–H groups in total. The van der Waals surface area contributed by atoms with Crippen molar-refractivity contribution in [2.45, 2.75) is 0 Å². The van der Waals surface area contributed by atoms with E-state index in [2.05, 4.69) is 32.3 Å². The van der Waals surface area contributed by atoms with Gasteiger partial charge in [-0.15, -0.1) is 0 Å². The molecule has 134 valence electrons. The molecule has 0 aliphatic rings. The predicted octanol–water partition coefficient (Wildman–Crippen LogP) is 1.02. The van der Waals surface area contributed by atoms with E-state index in [4.69, 9.17) is 24.4 Å². The summed E-state index contributed by atoms with van der Waals surface area (Å²) >= 11 is 10.0. The quantitative estimate of drug-likeness (QED) is 0.257. The molecule has 0 aromatic heterocycles. The molecule has 8 nitrogen and oxygen atoms in total. The van der Waals surface area contributed by atoms with E-state index in [1.54, 1.807) is 24.3 Å². The highest BCUT2D eigenvalue weighted by molar-refractivity contribution is 7.80. The zero-order chi connectivity index (χ0) is 18.8. The molecule has 0 aliphatic heterocycles. The van der Waals surface area contributed by atoms with Crippen molar-refractivity contribution in [3.63, 3.8) is 0 Å². The van der Waals surface area contributed by atoms with Gasteiger partial charge in [0.1, 0.15) is 0 Å². The van der Waals surface area contributed by atoms with Crippen molar-refractivity contribution in [1.82, 2.24) is 21.7 Å². The van der Waals surface area contributed by atoms with E-state index < -0.39 is 11.8 Å². The number of hydrogen-bond acceptors (Lipinski definition) is 4. The van der Waals surface area contributed by atoms with Gasteiger partial charge in [0.15, 0.2) is 10.2 Å². The van der Waals surface area contributed by atoms with E-state index in [0.29, 0.717) is 0 Å². The highest BCUT2D eigenvalue weighted by Crippen LogP contribution is 2.04. The Kier molecular flexibility index (Phi) is 7.28. The first-order valence-corrected chi connectivity index (χ1v) is 8.20. The molecule has 2 aromatic carbocycles. The minimum Gasteiger partial charge on any atom is -0.331 e. The molecular weight excluding hydrogens is 372 g/mol. The van der Waals surface area contributed by atoms with Crippen LogP contribution in [-0.2, 0) is 9.59 Å². The van der Waals surface area contributed by atoms with Crippen LogP contribution in [0.3, 0.4) is 0 Å². The first-order valence-electron chi connectivity index (χ1n) is 7.39. The van der Waals surface area contributed by atoms with E-state index in [1.807, 2.05) is 36.4 Å². The summed E-state index contributed by atoms with van der Waals surface area (Å²) in [6.45, 7) is 0. The third-order valence-electron chi connectivity index (χ3n) is 2.85. The third-order valence-corrected chi connectivity index (χ3v) is 3.26. The van der Waals surface area contributed by atoms with Gasteiger partial charge in [0, 0.05) is 11.4 Å². The maximum Gasteiger partial charge on any atom is 0.329 e. The summed E-state index contributed by atoms with van der Waals surface area (Å²) in [5, 5.41) is 5.94. The zero-order valence-corrected chi connectivity index (χ0v) is 15.0. The average molecular weight is 388 g/mol. The molecular formula is C16H16N6O2S2. The molecule has 0 radical (unpaired) electrons. The molecule has 2 amide bonds. The van der Waals surface area contributed by atoms with Crippen LogP contribution in [0.1, 0.15) is 0 Å².